The van der Waals surface area contributed by atoms with Gasteiger partial charge in [0.25, 0.3) is 0 Å². The summed E-state index contributed by atoms with van der Waals surface area (Å²) in [7, 11) is 0. The van der Waals surface area contributed by atoms with Crippen LogP contribution < -0.4 is 15.4 Å². The Balaban J connectivity index is 1.79. The maximum absolute atomic E-state index is 12.5. The smallest absolute Gasteiger partial charge is 0.406 e. The molecule has 32 heavy (non-hydrogen) atoms. The minimum absolute atomic E-state index is 0.197. The molecule has 0 bridgehead atoms. The average Bonchev–Trinajstić information content (AvgIpc) is 2.69. The summed E-state index contributed by atoms with van der Waals surface area (Å²) in [4.78, 5) is 8.60. The van der Waals surface area contributed by atoms with E-state index >= 15 is 0 Å². The van der Waals surface area contributed by atoms with E-state index in [1.165, 1.54) is 18.2 Å². The van der Waals surface area contributed by atoms with Gasteiger partial charge in [0, 0.05) is 29.2 Å². The first-order chi connectivity index (χ1) is 15.1. The lowest BCUT2D eigenvalue weighted by Crippen LogP contribution is -2.17. The van der Waals surface area contributed by atoms with Crippen molar-refractivity contribution >= 4 is 23.1 Å². The fraction of sp³-hybridized carbons (Fsp3) is 0.217. The molecule has 1 aromatic heterocycles. The van der Waals surface area contributed by atoms with Crippen LogP contribution in [0.2, 0.25) is 0 Å². The first-order valence-electron chi connectivity index (χ1n) is 9.75. The van der Waals surface area contributed by atoms with Crippen LogP contribution >= 0.6 is 0 Å². The third-order valence-electron chi connectivity index (χ3n) is 4.28. The van der Waals surface area contributed by atoms with E-state index in [0.29, 0.717) is 11.5 Å². The highest BCUT2D eigenvalue weighted by molar-refractivity contribution is 5.63. The van der Waals surface area contributed by atoms with Crippen LogP contribution in [0.4, 0.5) is 36.3 Å². The molecule has 0 aliphatic carbocycles. The molecule has 0 saturated carbocycles. The predicted molar refractivity (Wildman–Crippen MR) is 117 cm³/mol. The Morgan fingerprint density at radius 2 is 1.75 bits per heavy atom. The summed E-state index contributed by atoms with van der Waals surface area (Å²) >= 11 is 0. The van der Waals surface area contributed by atoms with Gasteiger partial charge < -0.3 is 20.5 Å². The molecule has 1 heterocycles. The standard InChI is InChI=1S/C23H23F3N4O2/c1-14(2)10-20(31)16-6-4-7-17(11-16)28-21-15(3)13-27-22(30-21)29-18-8-5-9-19(12-18)32-23(24,25)26/h4-13,20,31H,1-3H3,(H2,27,28,29,30). The van der Waals surface area contributed by atoms with Crippen molar-refractivity contribution in [1.29, 1.82) is 0 Å². The highest BCUT2D eigenvalue weighted by Crippen LogP contribution is 2.27. The van der Waals surface area contributed by atoms with Gasteiger partial charge >= 0.3 is 6.36 Å². The number of ether oxygens (including phenoxy) is 1. The van der Waals surface area contributed by atoms with Crippen molar-refractivity contribution in [3.8, 4) is 5.75 Å². The van der Waals surface area contributed by atoms with Crippen molar-refractivity contribution in [2.45, 2.75) is 33.2 Å². The largest absolute Gasteiger partial charge is 0.573 e. The van der Waals surface area contributed by atoms with Crippen LogP contribution in [0, 0.1) is 6.92 Å². The van der Waals surface area contributed by atoms with Crippen LogP contribution in [0.3, 0.4) is 0 Å². The Morgan fingerprint density at radius 3 is 2.44 bits per heavy atom. The zero-order valence-electron chi connectivity index (χ0n) is 17.7. The van der Waals surface area contributed by atoms with E-state index in [2.05, 4.69) is 25.3 Å². The number of aromatic nitrogens is 2. The lowest BCUT2D eigenvalue weighted by atomic mass is 10.1. The molecular weight excluding hydrogens is 421 g/mol. The van der Waals surface area contributed by atoms with Crippen LogP contribution in [0.5, 0.6) is 5.75 Å². The van der Waals surface area contributed by atoms with Gasteiger partial charge in [0.1, 0.15) is 11.6 Å². The number of nitrogens with zero attached hydrogens (tertiary/aromatic N) is 2. The monoisotopic (exact) mass is 444 g/mol. The van der Waals surface area contributed by atoms with Crippen molar-refractivity contribution in [1.82, 2.24) is 9.97 Å². The van der Waals surface area contributed by atoms with Crippen LogP contribution in [-0.4, -0.2) is 21.4 Å². The molecule has 0 amide bonds. The minimum Gasteiger partial charge on any atom is -0.406 e. The summed E-state index contributed by atoms with van der Waals surface area (Å²) in [6.07, 6.45) is -2.15. The number of anilines is 4. The number of alkyl halides is 3. The van der Waals surface area contributed by atoms with E-state index in [-0.39, 0.29) is 11.7 Å². The zero-order chi connectivity index (χ0) is 23.3. The highest BCUT2D eigenvalue weighted by Gasteiger charge is 2.31. The van der Waals surface area contributed by atoms with Crippen LogP contribution in [0.25, 0.3) is 0 Å². The van der Waals surface area contributed by atoms with E-state index in [0.717, 1.165) is 22.4 Å². The van der Waals surface area contributed by atoms with E-state index in [4.69, 9.17) is 0 Å². The molecule has 0 saturated heterocycles. The molecular formula is C23H23F3N4O2. The molecule has 1 unspecified atom stereocenters. The van der Waals surface area contributed by atoms with Gasteiger partial charge in [-0.3, -0.25) is 0 Å². The van der Waals surface area contributed by atoms with E-state index in [9.17, 15) is 18.3 Å². The number of hydrogen-bond acceptors (Lipinski definition) is 6. The minimum atomic E-state index is -4.77. The molecule has 1 atom stereocenters. The lowest BCUT2D eigenvalue weighted by Gasteiger charge is -2.14. The fourth-order valence-electron chi connectivity index (χ4n) is 2.88. The van der Waals surface area contributed by atoms with Crippen molar-refractivity contribution < 1.29 is 23.0 Å². The molecule has 0 fully saturated rings. The van der Waals surface area contributed by atoms with Gasteiger partial charge in [-0.25, -0.2) is 4.98 Å². The quantitative estimate of drug-likeness (QED) is 0.378. The second kappa shape index (κ2) is 9.69. The fourth-order valence-corrected chi connectivity index (χ4v) is 2.88. The zero-order valence-corrected chi connectivity index (χ0v) is 17.7. The van der Waals surface area contributed by atoms with Crippen molar-refractivity contribution in [2.24, 2.45) is 0 Å². The summed E-state index contributed by atoms with van der Waals surface area (Å²) < 4.78 is 41.3. The van der Waals surface area contributed by atoms with E-state index in [1.54, 1.807) is 18.3 Å². The lowest BCUT2D eigenvalue weighted by molar-refractivity contribution is -0.274. The molecule has 3 N–H and O–H groups in total. The van der Waals surface area contributed by atoms with Gasteiger partial charge in [0.05, 0.1) is 6.10 Å². The third kappa shape index (κ3) is 6.71. The van der Waals surface area contributed by atoms with E-state index < -0.39 is 12.5 Å². The van der Waals surface area contributed by atoms with Gasteiger partial charge in [-0.15, -0.1) is 13.2 Å². The molecule has 0 aliphatic heterocycles. The SMILES string of the molecule is CC(C)=CC(O)c1cccc(Nc2nc(Nc3cccc(OC(F)(F)F)c3)ncc2C)c1. The van der Waals surface area contributed by atoms with Crippen LogP contribution in [-0.2, 0) is 0 Å². The average molecular weight is 444 g/mol. The molecule has 3 aromatic rings. The molecule has 0 aliphatic rings. The molecule has 9 heteroatoms. The summed E-state index contributed by atoms with van der Waals surface area (Å²) in [6.45, 7) is 5.65. The molecule has 2 aromatic carbocycles. The second-order valence-electron chi connectivity index (χ2n) is 7.37. The third-order valence-corrected chi connectivity index (χ3v) is 4.28. The van der Waals surface area contributed by atoms with Gasteiger partial charge in [-0.05, 0) is 50.6 Å². The Kier molecular flexibility index (Phi) is 6.99. The molecule has 168 valence electrons. The number of benzene rings is 2. The first kappa shape index (κ1) is 23.1. The Hall–Kier alpha value is -3.59. The van der Waals surface area contributed by atoms with Gasteiger partial charge in [0.15, 0.2) is 0 Å². The van der Waals surface area contributed by atoms with E-state index in [1.807, 2.05) is 45.0 Å². The Bertz CT molecular complexity index is 1110. The summed E-state index contributed by atoms with van der Waals surface area (Å²) in [5.74, 6) is 0.363. The Labute approximate surface area is 183 Å². The van der Waals surface area contributed by atoms with Crippen molar-refractivity contribution in [2.75, 3.05) is 10.6 Å². The molecule has 0 spiro atoms. The first-order valence-corrected chi connectivity index (χ1v) is 9.75. The predicted octanol–water partition coefficient (Wildman–Crippen LogP) is 6.17. The summed E-state index contributed by atoms with van der Waals surface area (Å²) in [5.41, 5.74) is 3.55. The van der Waals surface area contributed by atoms with Gasteiger partial charge in [-0.2, -0.15) is 4.98 Å². The van der Waals surface area contributed by atoms with Crippen LogP contribution in [0.1, 0.15) is 31.1 Å². The molecule has 6 nitrogen and oxygen atoms in total. The number of aliphatic hydroxyl groups excluding tert-OH is 1. The number of nitrogens with one attached hydrogen (secondary N) is 2. The number of halogens is 3. The topological polar surface area (TPSA) is 79.3 Å². The van der Waals surface area contributed by atoms with Gasteiger partial charge in [-0.1, -0.05) is 29.8 Å². The van der Waals surface area contributed by atoms with Crippen molar-refractivity contribution in [3.63, 3.8) is 0 Å². The number of hydrogen-bond donors (Lipinski definition) is 3. The number of aliphatic hydroxyl groups is 1. The van der Waals surface area contributed by atoms with Crippen LogP contribution in [0.15, 0.2) is 66.4 Å². The second-order valence-corrected chi connectivity index (χ2v) is 7.37. The summed E-state index contributed by atoms with van der Waals surface area (Å²) in [6, 6.07) is 12.7. The van der Waals surface area contributed by atoms with Crippen molar-refractivity contribution in [3.05, 3.63) is 77.5 Å². The highest BCUT2D eigenvalue weighted by atomic mass is 19.4. The summed E-state index contributed by atoms with van der Waals surface area (Å²) in [5, 5.41) is 16.4. The maximum Gasteiger partial charge on any atom is 0.573 e. The number of allylic oxidation sites excluding steroid dienone is 1. The molecule has 0 radical (unpaired) electrons. The number of rotatable bonds is 7. The van der Waals surface area contributed by atoms with Gasteiger partial charge in [0.2, 0.25) is 5.95 Å². The number of aryl methyl sites for hydroxylation is 1. The maximum atomic E-state index is 12.5. The molecule has 3 rings (SSSR count). The Morgan fingerprint density at radius 1 is 1.06 bits per heavy atom. The normalized spacial score (nSPS) is 12.1.